The van der Waals surface area contributed by atoms with Gasteiger partial charge < -0.3 is 14.7 Å². The Bertz CT molecular complexity index is 775. The van der Waals surface area contributed by atoms with Crippen molar-refractivity contribution in [3.63, 3.8) is 0 Å². The molecule has 2 aromatic rings. The van der Waals surface area contributed by atoms with Crippen LogP contribution < -0.4 is 5.32 Å². The van der Waals surface area contributed by atoms with Crippen molar-refractivity contribution in [1.82, 2.24) is 15.4 Å². The summed E-state index contributed by atoms with van der Waals surface area (Å²) in [5.74, 6) is 0.689. The smallest absolute Gasteiger partial charge is 0.251 e. The summed E-state index contributed by atoms with van der Waals surface area (Å²) in [6, 6.07) is 5.67. The first kappa shape index (κ1) is 16.2. The molecule has 2 amide bonds. The molecule has 3 rings (SSSR count). The maximum absolute atomic E-state index is 12.6. The van der Waals surface area contributed by atoms with E-state index in [4.69, 9.17) is 4.52 Å². The third-order valence-corrected chi connectivity index (χ3v) is 4.57. The van der Waals surface area contributed by atoms with E-state index in [1.54, 1.807) is 13.1 Å². The SMILES string of the molecule is CNC(=O)c1ccc2c(c1)CCN(C(=O)Cc1c(C)noc1C)C2. The van der Waals surface area contributed by atoms with E-state index in [0.717, 1.165) is 28.8 Å². The highest BCUT2D eigenvalue weighted by Gasteiger charge is 2.23. The van der Waals surface area contributed by atoms with Gasteiger partial charge in [0.15, 0.2) is 0 Å². The minimum Gasteiger partial charge on any atom is -0.361 e. The molecule has 24 heavy (non-hydrogen) atoms. The van der Waals surface area contributed by atoms with Crippen LogP contribution in [0, 0.1) is 13.8 Å². The van der Waals surface area contributed by atoms with E-state index < -0.39 is 0 Å². The van der Waals surface area contributed by atoms with E-state index in [-0.39, 0.29) is 11.8 Å². The number of carbonyl (C=O) groups excluding carboxylic acids is 2. The van der Waals surface area contributed by atoms with Crippen LogP contribution in [0.1, 0.15) is 38.5 Å². The second kappa shape index (κ2) is 6.47. The molecule has 0 saturated heterocycles. The number of hydrogen-bond donors (Lipinski definition) is 1. The fourth-order valence-corrected chi connectivity index (χ4v) is 3.07. The Morgan fingerprint density at radius 2 is 2.08 bits per heavy atom. The molecule has 0 bridgehead atoms. The number of fused-ring (bicyclic) bond motifs is 1. The van der Waals surface area contributed by atoms with Crippen molar-refractivity contribution in [2.45, 2.75) is 33.2 Å². The predicted octanol–water partition coefficient (Wildman–Crippen LogP) is 1.78. The molecule has 0 saturated carbocycles. The first-order valence-corrected chi connectivity index (χ1v) is 8.03. The Labute approximate surface area is 140 Å². The van der Waals surface area contributed by atoms with Gasteiger partial charge >= 0.3 is 0 Å². The van der Waals surface area contributed by atoms with E-state index in [9.17, 15) is 9.59 Å². The van der Waals surface area contributed by atoms with E-state index in [2.05, 4.69) is 10.5 Å². The van der Waals surface area contributed by atoms with Gasteiger partial charge in [-0.25, -0.2) is 0 Å². The van der Waals surface area contributed by atoms with E-state index in [1.165, 1.54) is 0 Å². The van der Waals surface area contributed by atoms with Crippen molar-refractivity contribution in [2.75, 3.05) is 13.6 Å². The van der Waals surface area contributed by atoms with Crippen molar-refractivity contribution < 1.29 is 14.1 Å². The Morgan fingerprint density at radius 1 is 1.29 bits per heavy atom. The molecule has 1 aliphatic heterocycles. The lowest BCUT2D eigenvalue weighted by molar-refractivity contribution is -0.131. The average molecular weight is 327 g/mol. The molecule has 0 fully saturated rings. The van der Waals surface area contributed by atoms with Gasteiger partial charge in [-0.3, -0.25) is 9.59 Å². The molecule has 1 aliphatic rings. The minimum absolute atomic E-state index is 0.0745. The molecule has 0 unspecified atom stereocenters. The lowest BCUT2D eigenvalue weighted by atomic mass is 9.96. The largest absolute Gasteiger partial charge is 0.361 e. The van der Waals surface area contributed by atoms with Gasteiger partial charge in [-0.15, -0.1) is 0 Å². The maximum atomic E-state index is 12.6. The van der Waals surface area contributed by atoms with Crippen LogP contribution in [0.2, 0.25) is 0 Å². The zero-order chi connectivity index (χ0) is 17.3. The molecule has 2 heterocycles. The van der Waals surface area contributed by atoms with Crippen molar-refractivity contribution in [2.24, 2.45) is 0 Å². The molecule has 0 radical (unpaired) electrons. The van der Waals surface area contributed by atoms with Crippen molar-refractivity contribution in [1.29, 1.82) is 0 Å². The molecule has 6 heteroatoms. The summed E-state index contributed by atoms with van der Waals surface area (Å²) >= 11 is 0. The number of hydrogen-bond acceptors (Lipinski definition) is 4. The van der Waals surface area contributed by atoms with E-state index in [0.29, 0.717) is 30.8 Å². The number of benzene rings is 1. The van der Waals surface area contributed by atoms with Crippen LogP contribution in [0.5, 0.6) is 0 Å². The zero-order valence-corrected chi connectivity index (χ0v) is 14.2. The Kier molecular flexibility index (Phi) is 4.38. The van der Waals surface area contributed by atoms with Crippen LogP contribution in [0.15, 0.2) is 22.7 Å². The molecule has 0 spiro atoms. The molecule has 0 aliphatic carbocycles. The molecule has 6 nitrogen and oxygen atoms in total. The van der Waals surface area contributed by atoms with Crippen LogP contribution in [0.3, 0.4) is 0 Å². The van der Waals surface area contributed by atoms with Crippen LogP contribution >= 0.6 is 0 Å². The van der Waals surface area contributed by atoms with Gasteiger partial charge in [0.25, 0.3) is 5.91 Å². The van der Waals surface area contributed by atoms with Crippen LogP contribution in [0.4, 0.5) is 0 Å². The predicted molar refractivity (Wildman–Crippen MR) is 88.6 cm³/mol. The van der Waals surface area contributed by atoms with Gasteiger partial charge in [-0.2, -0.15) is 0 Å². The number of carbonyl (C=O) groups is 2. The lowest BCUT2D eigenvalue weighted by Crippen LogP contribution is -2.37. The summed E-state index contributed by atoms with van der Waals surface area (Å²) in [5.41, 5.74) is 4.54. The first-order valence-electron chi connectivity index (χ1n) is 8.03. The first-order chi connectivity index (χ1) is 11.5. The van der Waals surface area contributed by atoms with Crippen molar-refractivity contribution in [3.8, 4) is 0 Å². The highest BCUT2D eigenvalue weighted by atomic mass is 16.5. The summed E-state index contributed by atoms with van der Waals surface area (Å²) in [6.45, 7) is 4.91. The van der Waals surface area contributed by atoms with Gasteiger partial charge in [0.2, 0.25) is 5.91 Å². The molecular weight excluding hydrogens is 306 g/mol. The van der Waals surface area contributed by atoms with Crippen LogP contribution in [-0.2, 0) is 24.2 Å². The minimum atomic E-state index is -0.0882. The number of aryl methyl sites for hydroxylation is 2. The summed E-state index contributed by atoms with van der Waals surface area (Å²) < 4.78 is 5.13. The number of aromatic nitrogens is 1. The number of amides is 2. The highest BCUT2D eigenvalue weighted by Crippen LogP contribution is 2.22. The number of nitrogens with zero attached hydrogens (tertiary/aromatic N) is 2. The maximum Gasteiger partial charge on any atom is 0.251 e. The van der Waals surface area contributed by atoms with Crippen molar-refractivity contribution in [3.05, 3.63) is 51.9 Å². The fraction of sp³-hybridized carbons (Fsp3) is 0.389. The molecular formula is C18H21N3O3. The quantitative estimate of drug-likeness (QED) is 0.932. The van der Waals surface area contributed by atoms with E-state index in [1.807, 2.05) is 30.9 Å². The highest BCUT2D eigenvalue weighted by molar-refractivity contribution is 5.94. The monoisotopic (exact) mass is 327 g/mol. The second-order valence-electron chi connectivity index (χ2n) is 6.11. The van der Waals surface area contributed by atoms with Crippen LogP contribution in [-0.4, -0.2) is 35.5 Å². The van der Waals surface area contributed by atoms with Crippen LogP contribution in [0.25, 0.3) is 0 Å². The third kappa shape index (κ3) is 3.04. The summed E-state index contributed by atoms with van der Waals surface area (Å²) in [4.78, 5) is 26.2. The molecule has 1 N–H and O–H groups in total. The normalized spacial score (nSPS) is 13.5. The number of rotatable bonds is 3. The van der Waals surface area contributed by atoms with Gasteiger partial charge in [0.1, 0.15) is 5.76 Å². The summed E-state index contributed by atoms with van der Waals surface area (Å²) in [6.07, 6.45) is 1.07. The van der Waals surface area contributed by atoms with Crippen molar-refractivity contribution >= 4 is 11.8 Å². The lowest BCUT2D eigenvalue weighted by Gasteiger charge is -2.29. The summed E-state index contributed by atoms with van der Waals surface area (Å²) in [7, 11) is 1.62. The molecule has 126 valence electrons. The number of nitrogens with one attached hydrogen (secondary N) is 1. The molecule has 1 aromatic carbocycles. The summed E-state index contributed by atoms with van der Waals surface area (Å²) in [5, 5.41) is 6.53. The second-order valence-corrected chi connectivity index (χ2v) is 6.11. The molecule has 0 atom stereocenters. The third-order valence-electron chi connectivity index (χ3n) is 4.57. The van der Waals surface area contributed by atoms with E-state index >= 15 is 0 Å². The van der Waals surface area contributed by atoms with Gasteiger partial charge in [0.05, 0.1) is 12.1 Å². The van der Waals surface area contributed by atoms with Gasteiger partial charge in [-0.1, -0.05) is 11.2 Å². The van der Waals surface area contributed by atoms with Gasteiger partial charge in [0, 0.05) is 31.3 Å². The van der Waals surface area contributed by atoms with Gasteiger partial charge in [-0.05, 0) is 43.5 Å². The average Bonchev–Trinajstić information content (AvgIpc) is 2.92. The molecule has 1 aromatic heterocycles. The Balaban J connectivity index is 1.73. The topological polar surface area (TPSA) is 75.4 Å². The standard InChI is InChI=1S/C18H21N3O3/c1-11-16(12(2)24-20-11)9-17(22)21-7-6-13-8-14(18(23)19-3)4-5-15(13)10-21/h4-5,8H,6-7,9-10H2,1-3H3,(H,19,23). The Morgan fingerprint density at radius 3 is 2.75 bits per heavy atom. The zero-order valence-electron chi connectivity index (χ0n) is 14.2. The Hall–Kier alpha value is -2.63. The fourth-order valence-electron chi connectivity index (χ4n) is 3.07.